The van der Waals surface area contributed by atoms with Crippen molar-refractivity contribution in [3.05, 3.63) is 28.2 Å². The van der Waals surface area contributed by atoms with Gasteiger partial charge in [0.2, 0.25) is 0 Å². The number of rotatable bonds is 7. The zero-order chi connectivity index (χ0) is 15.2. The largest absolute Gasteiger partial charge is 0.490 e. The summed E-state index contributed by atoms with van der Waals surface area (Å²) in [6.45, 7) is 4.40. The minimum absolute atomic E-state index is 0.243. The van der Waals surface area contributed by atoms with E-state index in [0.29, 0.717) is 22.4 Å². The Labute approximate surface area is 129 Å². The summed E-state index contributed by atoms with van der Waals surface area (Å²) in [4.78, 5) is 0. The van der Waals surface area contributed by atoms with Gasteiger partial charge in [0.05, 0.1) is 16.7 Å². The number of hydrogen-bond donors (Lipinski definition) is 2. The van der Waals surface area contributed by atoms with Crippen LogP contribution in [-0.2, 0) is 0 Å². The maximum atomic E-state index is 8.69. The van der Waals surface area contributed by atoms with E-state index in [9.17, 15) is 0 Å². The van der Waals surface area contributed by atoms with Crippen molar-refractivity contribution >= 4 is 29.0 Å². The maximum absolute atomic E-state index is 8.69. The second-order valence-electron chi connectivity index (χ2n) is 5.23. The third kappa shape index (κ3) is 4.76. The third-order valence-electron chi connectivity index (χ3n) is 3.16. The monoisotopic (exact) mass is 318 g/mol. The Balaban J connectivity index is 2.36. The molecule has 0 fully saturated rings. The molecule has 0 saturated carbocycles. The molecule has 0 heterocycles. The van der Waals surface area contributed by atoms with Gasteiger partial charge in [0.1, 0.15) is 5.84 Å². The van der Waals surface area contributed by atoms with Crippen LogP contribution in [0, 0.1) is 5.41 Å². The first-order valence-electron chi connectivity index (χ1n) is 6.43. The normalized spacial score (nSPS) is 12.5. The number of para-hydroxylation sites is 1. The Morgan fingerprint density at radius 1 is 1.30 bits per heavy atom. The lowest BCUT2D eigenvalue weighted by atomic mass is 9.86. The molecular formula is C14H20Cl2N2O2. The fraction of sp³-hybridized carbons (Fsp3) is 0.500. The van der Waals surface area contributed by atoms with Gasteiger partial charge in [-0.2, -0.15) is 0 Å². The Bertz CT molecular complexity index is 456. The number of halogens is 2. The average molecular weight is 319 g/mol. The highest BCUT2D eigenvalue weighted by molar-refractivity contribution is 6.37. The Kier molecular flexibility index (Phi) is 6.43. The minimum Gasteiger partial charge on any atom is -0.490 e. The SMILES string of the molecule is CC(C)(CCCCOc1c(Cl)cccc1Cl)/C(N)=N/O. The van der Waals surface area contributed by atoms with E-state index in [4.69, 9.17) is 38.9 Å². The lowest BCUT2D eigenvalue weighted by Gasteiger charge is -2.22. The lowest BCUT2D eigenvalue weighted by Crippen LogP contribution is -2.31. The first-order valence-corrected chi connectivity index (χ1v) is 7.19. The highest BCUT2D eigenvalue weighted by atomic mass is 35.5. The van der Waals surface area contributed by atoms with Crippen LogP contribution in [0.25, 0.3) is 0 Å². The van der Waals surface area contributed by atoms with Gasteiger partial charge in [-0.25, -0.2) is 0 Å². The van der Waals surface area contributed by atoms with Crippen LogP contribution in [0.3, 0.4) is 0 Å². The van der Waals surface area contributed by atoms with E-state index in [2.05, 4.69) is 5.16 Å². The molecule has 0 radical (unpaired) electrons. The fourth-order valence-electron chi connectivity index (χ4n) is 1.73. The maximum Gasteiger partial charge on any atom is 0.156 e. The molecule has 0 amide bonds. The summed E-state index contributed by atoms with van der Waals surface area (Å²) in [6.07, 6.45) is 2.54. The van der Waals surface area contributed by atoms with Gasteiger partial charge in [0.15, 0.2) is 5.75 Å². The highest BCUT2D eigenvalue weighted by Gasteiger charge is 2.22. The van der Waals surface area contributed by atoms with Crippen molar-refractivity contribution in [1.29, 1.82) is 0 Å². The van der Waals surface area contributed by atoms with Crippen molar-refractivity contribution in [3.63, 3.8) is 0 Å². The molecule has 20 heavy (non-hydrogen) atoms. The van der Waals surface area contributed by atoms with Crippen molar-refractivity contribution in [2.75, 3.05) is 6.61 Å². The molecule has 0 aliphatic heterocycles. The molecule has 0 aliphatic carbocycles. The van der Waals surface area contributed by atoms with E-state index in [1.165, 1.54) is 0 Å². The summed E-state index contributed by atoms with van der Waals surface area (Å²) in [5, 5.41) is 12.8. The number of unbranched alkanes of at least 4 members (excludes halogenated alkanes) is 1. The summed E-state index contributed by atoms with van der Waals surface area (Å²) < 4.78 is 5.59. The van der Waals surface area contributed by atoms with Crippen molar-refractivity contribution in [3.8, 4) is 5.75 Å². The predicted octanol–water partition coefficient (Wildman–Crippen LogP) is 4.32. The van der Waals surface area contributed by atoms with Crippen molar-refractivity contribution in [2.45, 2.75) is 33.1 Å². The van der Waals surface area contributed by atoms with E-state index < -0.39 is 0 Å². The zero-order valence-electron chi connectivity index (χ0n) is 11.7. The van der Waals surface area contributed by atoms with Crippen LogP contribution in [0.15, 0.2) is 23.4 Å². The molecule has 0 saturated heterocycles. The van der Waals surface area contributed by atoms with Crippen LogP contribution in [0.5, 0.6) is 5.75 Å². The third-order valence-corrected chi connectivity index (χ3v) is 3.76. The second kappa shape index (κ2) is 7.60. The quantitative estimate of drug-likeness (QED) is 0.259. The van der Waals surface area contributed by atoms with Crippen molar-refractivity contribution < 1.29 is 9.94 Å². The first-order chi connectivity index (χ1) is 9.38. The molecule has 112 valence electrons. The van der Waals surface area contributed by atoms with Crippen LogP contribution in [0.1, 0.15) is 33.1 Å². The smallest absolute Gasteiger partial charge is 0.156 e. The number of nitrogens with two attached hydrogens (primary N) is 1. The Morgan fingerprint density at radius 2 is 1.90 bits per heavy atom. The zero-order valence-corrected chi connectivity index (χ0v) is 13.2. The van der Waals surface area contributed by atoms with E-state index in [1.807, 2.05) is 13.8 Å². The molecule has 4 nitrogen and oxygen atoms in total. The molecule has 1 rings (SSSR count). The van der Waals surface area contributed by atoms with Gasteiger partial charge in [-0.1, -0.05) is 48.3 Å². The van der Waals surface area contributed by atoms with Crippen LogP contribution in [-0.4, -0.2) is 17.6 Å². The molecule has 0 spiro atoms. The first kappa shape index (κ1) is 16.9. The van der Waals surface area contributed by atoms with Gasteiger partial charge in [0, 0.05) is 5.41 Å². The molecule has 0 atom stereocenters. The highest BCUT2D eigenvalue weighted by Crippen LogP contribution is 2.32. The number of hydrogen-bond acceptors (Lipinski definition) is 3. The Morgan fingerprint density at radius 3 is 2.45 bits per heavy atom. The average Bonchev–Trinajstić information content (AvgIpc) is 2.40. The van der Waals surface area contributed by atoms with E-state index in [0.717, 1.165) is 19.3 Å². The fourth-order valence-corrected chi connectivity index (χ4v) is 2.23. The predicted molar refractivity (Wildman–Crippen MR) is 83.0 cm³/mol. The van der Waals surface area contributed by atoms with Crippen molar-refractivity contribution in [1.82, 2.24) is 0 Å². The van der Waals surface area contributed by atoms with E-state index in [1.54, 1.807) is 18.2 Å². The van der Waals surface area contributed by atoms with Gasteiger partial charge in [-0.15, -0.1) is 0 Å². The van der Waals surface area contributed by atoms with Gasteiger partial charge >= 0.3 is 0 Å². The van der Waals surface area contributed by atoms with Gasteiger partial charge in [0.25, 0.3) is 0 Å². The Hall–Kier alpha value is -1.13. The lowest BCUT2D eigenvalue weighted by molar-refractivity contribution is 0.288. The molecule has 3 N–H and O–H groups in total. The van der Waals surface area contributed by atoms with Crippen LogP contribution < -0.4 is 10.5 Å². The molecule has 0 unspecified atom stereocenters. The van der Waals surface area contributed by atoms with Crippen LogP contribution >= 0.6 is 23.2 Å². The number of amidine groups is 1. The topological polar surface area (TPSA) is 67.8 Å². The van der Waals surface area contributed by atoms with E-state index >= 15 is 0 Å². The van der Waals surface area contributed by atoms with Crippen molar-refractivity contribution in [2.24, 2.45) is 16.3 Å². The van der Waals surface area contributed by atoms with Crippen LogP contribution in [0.2, 0.25) is 10.0 Å². The standard InChI is InChI=1S/C14H20Cl2N2O2/c1-14(2,13(17)18-19)8-3-4-9-20-12-10(15)6-5-7-11(12)16/h5-7,19H,3-4,8-9H2,1-2H3,(H2,17,18). The summed E-state index contributed by atoms with van der Waals surface area (Å²) >= 11 is 12.0. The minimum atomic E-state index is -0.323. The summed E-state index contributed by atoms with van der Waals surface area (Å²) in [5.74, 6) is 0.763. The molecule has 6 heteroatoms. The van der Waals surface area contributed by atoms with Gasteiger partial charge in [-0.05, 0) is 31.4 Å². The molecular weight excluding hydrogens is 299 g/mol. The summed E-state index contributed by atoms with van der Waals surface area (Å²) in [5.41, 5.74) is 5.31. The van der Waals surface area contributed by atoms with E-state index in [-0.39, 0.29) is 11.3 Å². The van der Waals surface area contributed by atoms with Gasteiger partial charge in [-0.3, -0.25) is 0 Å². The van der Waals surface area contributed by atoms with Gasteiger partial charge < -0.3 is 15.7 Å². The molecule has 1 aromatic rings. The van der Waals surface area contributed by atoms with Crippen LogP contribution in [0.4, 0.5) is 0 Å². The number of nitrogens with zero attached hydrogens (tertiary/aromatic N) is 1. The number of ether oxygens (including phenoxy) is 1. The molecule has 1 aromatic carbocycles. The summed E-state index contributed by atoms with van der Waals surface area (Å²) in [7, 11) is 0. The summed E-state index contributed by atoms with van der Waals surface area (Å²) in [6, 6.07) is 5.26. The molecule has 0 aliphatic rings. The number of benzene rings is 1. The second-order valence-corrected chi connectivity index (χ2v) is 6.04. The molecule has 0 bridgehead atoms. The number of oxime groups is 1. The molecule has 0 aromatic heterocycles.